The van der Waals surface area contributed by atoms with Gasteiger partial charge in [-0.3, -0.25) is 0 Å². The molecule has 3 rings (SSSR count). The Balaban J connectivity index is 1.24. The molecule has 28 heavy (non-hydrogen) atoms. The highest BCUT2D eigenvalue weighted by molar-refractivity contribution is 4.71. The van der Waals surface area contributed by atoms with Crippen molar-refractivity contribution in [2.45, 2.75) is 142 Å². The predicted molar refractivity (Wildman–Crippen MR) is 126 cm³/mol. The quantitative estimate of drug-likeness (QED) is 0.152. The summed E-state index contributed by atoms with van der Waals surface area (Å²) in [4.78, 5) is 0. The highest BCUT2D eigenvalue weighted by atomic mass is 15.4. The van der Waals surface area contributed by atoms with Crippen molar-refractivity contribution >= 4 is 0 Å². The van der Waals surface area contributed by atoms with Crippen LogP contribution in [0.2, 0.25) is 0 Å². The number of fused-ring (bicyclic) bond motifs is 3. The summed E-state index contributed by atoms with van der Waals surface area (Å²) in [6.07, 6.45) is 31.3. The highest BCUT2D eigenvalue weighted by Gasteiger charge is 2.38. The number of rotatable bonds is 19. The van der Waals surface area contributed by atoms with Gasteiger partial charge < -0.3 is 4.48 Å². The summed E-state index contributed by atoms with van der Waals surface area (Å²) < 4.78 is 1.51. The predicted octanol–water partition coefficient (Wildman–Crippen LogP) is 8.66. The lowest BCUT2D eigenvalue weighted by atomic mass is 9.85. The number of nitrogens with zero attached hydrogens (tertiary/aromatic N) is 1. The zero-order valence-corrected chi connectivity index (χ0v) is 19.7. The molecule has 0 amide bonds. The number of quaternary nitrogens is 1. The number of piperidine rings is 3. The molecule has 0 radical (unpaired) electrons. The molecule has 0 aromatic heterocycles. The second-order valence-corrected chi connectivity index (χ2v) is 10.5. The lowest BCUT2D eigenvalue weighted by Crippen LogP contribution is -2.58. The van der Waals surface area contributed by atoms with Crippen molar-refractivity contribution < 1.29 is 4.48 Å². The molecule has 1 nitrogen and oxygen atoms in total. The van der Waals surface area contributed by atoms with Crippen LogP contribution in [-0.4, -0.2) is 30.7 Å². The Labute approximate surface area is 178 Å². The fraction of sp³-hybridized carbons (Fsp3) is 1.00. The maximum Gasteiger partial charge on any atom is 0.0789 e. The Morgan fingerprint density at radius 3 is 1.14 bits per heavy atom. The van der Waals surface area contributed by atoms with Crippen molar-refractivity contribution in [1.82, 2.24) is 0 Å². The number of hydrogen-bond donors (Lipinski definition) is 0. The third-order valence-corrected chi connectivity index (χ3v) is 8.02. The Morgan fingerprint density at radius 1 is 0.464 bits per heavy atom. The van der Waals surface area contributed by atoms with Crippen LogP contribution >= 0.6 is 0 Å². The first-order valence-electron chi connectivity index (χ1n) is 13.7. The Kier molecular flexibility index (Phi) is 13.6. The van der Waals surface area contributed by atoms with E-state index in [0.29, 0.717) is 0 Å². The lowest BCUT2D eigenvalue weighted by molar-refractivity contribution is -0.942. The first kappa shape index (κ1) is 24.2. The molecule has 3 aliphatic heterocycles. The van der Waals surface area contributed by atoms with Crippen LogP contribution < -0.4 is 0 Å². The molecule has 166 valence electrons. The summed E-state index contributed by atoms with van der Waals surface area (Å²) in [5.74, 6) is 1.11. The van der Waals surface area contributed by atoms with Crippen molar-refractivity contribution in [3.8, 4) is 0 Å². The summed E-state index contributed by atoms with van der Waals surface area (Å²) in [7, 11) is 0. The van der Waals surface area contributed by atoms with Gasteiger partial charge in [0.05, 0.1) is 26.2 Å². The van der Waals surface area contributed by atoms with Crippen molar-refractivity contribution in [3.05, 3.63) is 0 Å². The summed E-state index contributed by atoms with van der Waals surface area (Å²) >= 11 is 0. The molecule has 2 bridgehead atoms. The van der Waals surface area contributed by atoms with E-state index in [1.807, 2.05) is 0 Å². The molecule has 3 heterocycles. The van der Waals surface area contributed by atoms with Gasteiger partial charge in [-0.15, -0.1) is 0 Å². The molecule has 0 aromatic rings. The zero-order chi connectivity index (χ0) is 19.8. The zero-order valence-electron chi connectivity index (χ0n) is 19.7. The molecule has 0 N–H and O–H groups in total. The van der Waals surface area contributed by atoms with Crippen LogP contribution in [0.5, 0.6) is 0 Å². The van der Waals surface area contributed by atoms with E-state index in [1.165, 1.54) is 146 Å². The summed E-state index contributed by atoms with van der Waals surface area (Å²) in [6.45, 7) is 8.36. The van der Waals surface area contributed by atoms with Gasteiger partial charge in [0.2, 0.25) is 0 Å². The van der Waals surface area contributed by atoms with Crippen LogP contribution in [-0.2, 0) is 0 Å². The second-order valence-electron chi connectivity index (χ2n) is 10.5. The monoisotopic (exact) mass is 392 g/mol. The van der Waals surface area contributed by atoms with Gasteiger partial charge in [-0.25, -0.2) is 0 Å². The molecule has 0 unspecified atom stereocenters. The molecule has 0 aromatic carbocycles. The molecular weight excluding hydrogens is 338 g/mol. The molecule has 1 heteroatoms. The van der Waals surface area contributed by atoms with E-state index in [-0.39, 0.29) is 0 Å². The van der Waals surface area contributed by atoms with Crippen LogP contribution in [0.25, 0.3) is 0 Å². The Bertz CT molecular complexity index is 328. The minimum absolute atomic E-state index is 1.11. The van der Waals surface area contributed by atoms with E-state index < -0.39 is 0 Å². The van der Waals surface area contributed by atoms with Crippen LogP contribution in [0, 0.1) is 5.92 Å². The minimum Gasteiger partial charge on any atom is -0.324 e. The second kappa shape index (κ2) is 15.8. The van der Waals surface area contributed by atoms with E-state index >= 15 is 0 Å². The van der Waals surface area contributed by atoms with Crippen LogP contribution in [0.4, 0.5) is 0 Å². The molecule has 3 saturated heterocycles. The summed E-state index contributed by atoms with van der Waals surface area (Å²) in [6, 6.07) is 0. The minimum atomic E-state index is 1.11. The van der Waals surface area contributed by atoms with Crippen LogP contribution in [0.1, 0.15) is 142 Å². The van der Waals surface area contributed by atoms with Crippen molar-refractivity contribution in [1.29, 1.82) is 0 Å². The normalized spacial score (nSPS) is 24.1. The molecule has 3 aliphatic rings. The van der Waals surface area contributed by atoms with Gasteiger partial charge in [-0.05, 0) is 38.0 Å². The third-order valence-electron chi connectivity index (χ3n) is 8.02. The Morgan fingerprint density at radius 2 is 0.786 bits per heavy atom. The first-order chi connectivity index (χ1) is 13.8. The topological polar surface area (TPSA) is 0 Å². The van der Waals surface area contributed by atoms with E-state index in [0.717, 1.165) is 5.92 Å². The molecular formula is C27H54N+. The molecule has 0 saturated carbocycles. The van der Waals surface area contributed by atoms with Gasteiger partial charge >= 0.3 is 0 Å². The largest absolute Gasteiger partial charge is 0.324 e. The number of unbranched alkanes of at least 4 members (excludes halogenated alkanes) is 17. The lowest BCUT2D eigenvalue weighted by Gasteiger charge is -2.49. The molecule has 0 atom stereocenters. The van der Waals surface area contributed by atoms with Crippen LogP contribution in [0.3, 0.4) is 0 Å². The van der Waals surface area contributed by atoms with Gasteiger partial charge in [0.15, 0.2) is 0 Å². The average Bonchev–Trinajstić information content (AvgIpc) is 2.74. The number of hydrogen-bond acceptors (Lipinski definition) is 0. The van der Waals surface area contributed by atoms with Gasteiger partial charge in [-0.1, -0.05) is 110 Å². The summed E-state index contributed by atoms with van der Waals surface area (Å²) in [5.41, 5.74) is 0. The van der Waals surface area contributed by atoms with Gasteiger partial charge in [0, 0.05) is 0 Å². The molecule has 0 aliphatic carbocycles. The maximum atomic E-state index is 2.31. The molecule has 3 fully saturated rings. The van der Waals surface area contributed by atoms with E-state index in [2.05, 4.69) is 6.92 Å². The van der Waals surface area contributed by atoms with E-state index in [1.54, 1.807) is 19.3 Å². The van der Waals surface area contributed by atoms with E-state index in [9.17, 15) is 0 Å². The van der Waals surface area contributed by atoms with Crippen molar-refractivity contribution in [2.24, 2.45) is 5.92 Å². The standard InChI is InChI=1S/C27H54N/c1-2-3-4-5-6-7-8-9-10-11-12-13-14-15-16-17-18-19-23-28-24-20-27(21-25-28)22-26-28/h27H,2-26H2,1H3/q+1. The maximum absolute atomic E-state index is 2.31. The highest BCUT2D eigenvalue weighted by Crippen LogP contribution is 2.33. The smallest absolute Gasteiger partial charge is 0.0789 e. The van der Waals surface area contributed by atoms with Gasteiger partial charge in [0.1, 0.15) is 0 Å². The van der Waals surface area contributed by atoms with Crippen molar-refractivity contribution in [3.63, 3.8) is 0 Å². The first-order valence-corrected chi connectivity index (χ1v) is 13.7. The van der Waals surface area contributed by atoms with Crippen molar-refractivity contribution in [2.75, 3.05) is 26.2 Å². The van der Waals surface area contributed by atoms with Gasteiger partial charge in [0.25, 0.3) is 0 Å². The van der Waals surface area contributed by atoms with Crippen LogP contribution in [0.15, 0.2) is 0 Å². The fourth-order valence-electron chi connectivity index (χ4n) is 5.82. The molecule has 0 spiro atoms. The summed E-state index contributed by atoms with van der Waals surface area (Å²) in [5, 5.41) is 0. The average molecular weight is 393 g/mol. The Hall–Kier alpha value is -0.0400. The third kappa shape index (κ3) is 10.7. The van der Waals surface area contributed by atoms with E-state index in [4.69, 9.17) is 0 Å². The SMILES string of the molecule is CCCCCCCCCCCCCCCCCCCC[N+]12CCC(CC1)CC2. The van der Waals surface area contributed by atoms with Gasteiger partial charge in [-0.2, -0.15) is 0 Å². The fourth-order valence-corrected chi connectivity index (χ4v) is 5.82.